The van der Waals surface area contributed by atoms with Crippen molar-refractivity contribution in [2.75, 3.05) is 58.0 Å². The van der Waals surface area contributed by atoms with Crippen LogP contribution in [0.2, 0.25) is 0 Å². The summed E-state index contributed by atoms with van der Waals surface area (Å²) >= 11 is 0. The summed E-state index contributed by atoms with van der Waals surface area (Å²) in [7, 11) is 1.79. The van der Waals surface area contributed by atoms with Gasteiger partial charge in [0.1, 0.15) is 24.3 Å². The Morgan fingerprint density at radius 3 is 2.78 bits per heavy atom. The number of aliphatic hydroxyl groups is 3. The van der Waals surface area contributed by atoms with E-state index < -0.39 is 11.7 Å². The van der Waals surface area contributed by atoms with Crippen molar-refractivity contribution < 1.29 is 24.8 Å². The lowest BCUT2D eigenvalue weighted by Gasteiger charge is -2.39. The van der Waals surface area contributed by atoms with Gasteiger partial charge in [0.2, 0.25) is 0 Å². The van der Waals surface area contributed by atoms with Crippen LogP contribution in [0.15, 0.2) is 24.3 Å². The van der Waals surface area contributed by atoms with Crippen LogP contribution in [0.25, 0.3) is 11.4 Å². The first kappa shape index (κ1) is 26.8. The van der Waals surface area contributed by atoms with Crippen molar-refractivity contribution in [3.8, 4) is 17.1 Å². The van der Waals surface area contributed by atoms with Crippen molar-refractivity contribution in [2.24, 2.45) is 5.92 Å². The Kier molecular flexibility index (Phi) is 9.14. The van der Waals surface area contributed by atoms with E-state index in [2.05, 4.69) is 17.1 Å². The molecule has 0 amide bonds. The van der Waals surface area contributed by atoms with Crippen LogP contribution in [0.5, 0.6) is 5.75 Å². The van der Waals surface area contributed by atoms with Gasteiger partial charge in [0, 0.05) is 56.3 Å². The van der Waals surface area contributed by atoms with Crippen molar-refractivity contribution in [3.05, 3.63) is 35.5 Å². The van der Waals surface area contributed by atoms with Gasteiger partial charge >= 0.3 is 0 Å². The second-order valence-electron chi connectivity index (χ2n) is 10.1. The lowest BCUT2D eigenvalue weighted by atomic mass is 9.88. The van der Waals surface area contributed by atoms with E-state index in [1.54, 1.807) is 7.05 Å². The molecule has 4 rings (SSSR count). The fourth-order valence-electron chi connectivity index (χ4n) is 5.01. The minimum absolute atomic E-state index is 0.00874. The SMILES string of the molecule is CNCC(O)COc1cccc(-c2nc(CC3CCOC3)c(C)c(N3CCC(O)(CCO)CC3)n2)c1. The normalized spacial score (nSPS) is 20.5. The maximum Gasteiger partial charge on any atom is 0.161 e. The fraction of sp³-hybridized carbons (Fsp3) is 0.630. The molecule has 1 aromatic heterocycles. The number of hydrogen-bond acceptors (Lipinski definition) is 9. The van der Waals surface area contributed by atoms with Crippen LogP contribution < -0.4 is 15.0 Å². The molecule has 2 aliphatic heterocycles. The summed E-state index contributed by atoms with van der Waals surface area (Å²) in [4.78, 5) is 12.2. The topological polar surface area (TPSA) is 120 Å². The van der Waals surface area contributed by atoms with Crippen LogP contribution in [0.4, 0.5) is 5.82 Å². The molecular weight excluding hydrogens is 460 g/mol. The van der Waals surface area contributed by atoms with Crippen molar-refractivity contribution in [1.29, 1.82) is 0 Å². The Hall–Kier alpha value is -2.30. The third-order valence-corrected chi connectivity index (χ3v) is 7.27. The Bertz CT molecular complexity index is 990. The van der Waals surface area contributed by atoms with E-state index in [0.29, 0.717) is 56.4 Å². The maximum absolute atomic E-state index is 10.8. The fourth-order valence-corrected chi connectivity index (χ4v) is 5.01. The van der Waals surface area contributed by atoms with Crippen LogP contribution in [0.3, 0.4) is 0 Å². The third-order valence-electron chi connectivity index (χ3n) is 7.27. The van der Waals surface area contributed by atoms with Crippen LogP contribution >= 0.6 is 0 Å². The number of likely N-dealkylation sites (N-methyl/N-ethyl adjacent to an activating group) is 1. The second-order valence-corrected chi connectivity index (χ2v) is 10.1. The van der Waals surface area contributed by atoms with E-state index in [-0.39, 0.29) is 13.2 Å². The molecule has 2 unspecified atom stereocenters. The molecule has 2 atom stereocenters. The highest BCUT2D eigenvalue weighted by Gasteiger charge is 2.33. The average molecular weight is 501 g/mol. The van der Waals surface area contributed by atoms with Gasteiger partial charge in [0.15, 0.2) is 5.82 Å². The molecule has 0 saturated carbocycles. The summed E-state index contributed by atoms with van der Waals surface area (Å²) in [6.45, 7) is 5.63. The lowest BCUT2D eigenvalue weighted by molar-refractivity contribution is -0.00545. The molecule has 3 heterocycles. The number of ether oxygens (including phenoxy) is 2. The number of aliphatic hydroxyl groups excluding tert-OH is 2. The van der Waals surface area contributed by atoms with Gasteiger partial charge in [-0.3, -0.25) is 0 Å². The van der Waals surface area contributed by atoms with E-state index in [4.69, 9.17) is 19.4 Å². The van der Waals surface area contributed by atoms with Crippen molar-refractivity contribution in [1.82, 2.24) is 15.3 Å². The summed E-state index contributed by atoms with van der Waals surface area (Å²) in [6.07, 6.45) is 2.86. The number of hydrogen-bond donors (Lipinski definition) is 4. The minimum Gasteiger partial charge on any atom is -0.491 e. The number of nitrogens with zero attached hydrogens (tertiary/aromatic N) is 3. The van der Waals surface area contributed by atoms with Gasteiger partial charge in [-0.1, -0.05) is 12.1 Å². The quantitative estimate of drug-likeness (QED) is 0.365. The number of rotatable bonds is 11. The molecule has 198 valence electrons. The number of nitrogens with one attached hydrogen (secondary N) is 1. The lowest BCUT2D eigenvalue weighted by Crippen LogP contribution is -2.45. The summed E-state index contributed by atoms with van der Waals surface area (Å²) in [5.74, 6) is 2.64. The molecule has 2 fully saturated rings. The van der Waals surface area contributed by atoms with Gasteiger partial charge in [-0.15, -0.1) is 0 Å². The summed E-state index contributed by atoms with van der Waals surface area (Å²) < 4.78 is 11.4. The first-order valence-corrected chi connectivity index (χ1v) is 13.0. The van der Waals surface area contributed by atoms with Gasteiger partial charge in [0.25, 0.3) is 0 Å². The van der Waals surface area contributed by atoms with Gasteiger partial charge in [-0.2, -0.15) is 0 Å². The molecule has 36 heavy (non-hydrogen) atoms. The summed E-state index contributed by atoms with van der Waals surface area (Å²) in [6, 6.07) is 7.68. The zero-order valence-corrected chi connectivity index (χ0v) is 21.4. The molecule has 9 nitrogen and oxygen atoms in total. The van der Waals surface area contributed by atoms with Crippen molar-refractivity contribution >= 4 is 5.82 Å². The van der Waals surface area contributed by atoms with E-state index in [9.17, 15) is 15.3 Å². The third kappa shape index (κ3) is 6.72. The first-order chi connectivity index (χ1) is 17.4. The molecule has 2 aromatic rings. The molecule has 9 heteroatoms. The number of aromatic nitrogens is 2. The Morgan fingerprint density at radius 2 is 2.08 bits per heavy atom. The maximum atomic E-state index is 10.8. The van der Waals surface area contributed by atoms with Crippen LogP contribution in [0.1, 0.15) is 36.9 Å². The monoisotopic (exact) mass is 500 g/mol. The molecule has 0 bridgehead atoms. The van der Waals surface area contributed by atoms with Gasteiger partial charge < -0.3 is 35.0 Å². The second kappa shape index (κ2) is 12.3. The van der Waals surface area contributed by atoms with Gasteiger partial charge in [-0.05, 0) is 64.1 Å². The molecule has 2 saturated heterocycles. The van der Waals surface area contributed by atoms with Crippen molar-refractivity contribution in [3.63, 3.8) is 0 Å². The predicted octanol–water partition coefficient (Wildman–Crippen LogP) is 1.70. The van der Waals surface area contributed by atoms with Crippen LogP contribution in [0, 0.1) is 12.8 Å². The van der Waals surface area contributed by atoms with E-state index in [1.807, 2.05) is 24.3 Å². The Labute approximate surface area is 213 Å². The highest BCUT2D eigenvalue weighted by molar-refractivity contribution is 5.62. The average Bonchev–Trinajstić information content (AvgIpc) is 3.38. The molecular formula is C27H40N4O5. The largest absolute Gasteiger partial charge is 0.491 e. The predicted molar refractivity (Wildman–Crippen MR) is 138 cm³/mol. The molecule has 4 N–H and O–H groups in total. The standard InChI is InChI=1S/C27H40N4O5/c1-19-24(14-20-6-13-35-17-20)29-25(21-4-3-5-23(15-21)36-18-22(33)16-28-2)30-26(19)31-10-7-27(34,8-11-31)9-12-32/h3-5,15,20,22,28,32-34H,6-14,16-18H2,1-2H3. The van der Waals surface area contributed by atoms with E-state index >= 15 is 0 Å². The molecule has 0 spiro atoms. The molecule has 0 radical (unpaired) electrons. The number of anilines is 1. The van der Waals surface area contributed by atoms with Gasteiger partial charge in [-0.25, -0.2) is 9.97 Å². The number of benzene rings is 1. The summed E-state index contributed by atoms with van der Waals surface area (Å²) in [5.41, 5.74) is 2.13. The first-order valence-electron chi connectivity index (χ1n) is 13.0. The van der Waals surface area contributed by atoms with E-state index in [1.165, 1.54) is 0 Å². The van der Waals surface area contributed by atoms with Crippen LogP contribution in [-0.4, -0.2) is 90.1 Å². The Morgan fingerprint density at radius 1 is 1.28 bits per heavy atom. The highest BCUT2D eigenvalue weighted by Crippen LogP contribution is 2.33. The Balaban J connectivity index is 1.61. The molecule has 1 aromatic carbocycles. The van der Waals surface area contributed by atoms with Gasteiger partial charge in [0.05, 0.1) is 5.60 Å². The molecule has 2 aliphatic rings. The van der Waals surface area contributed by atoms with E-state index in [0.717, 1.165) is 48.7 Å². The highest BCUT2D eigenvalue weighted by atomic mass is 16.5. The van der Waals surface area contributed by atoms with Crippen molar-refractivity contribution in [2.45, 2.75) is 50.7 Å². The van der Waals surface area contributed by atoms with Crippen LogP contribution in [-0.2, 0) is 11.2 Å². The molecule has 0 aliphatic carbocycles. The number of piperidine rings is 1. The zero-order valence-electron chi connectivity index (χ0n) is 21.4. The minimum atomic E-state index is -0.817. The summed E-state index contributed by atoms with van der Waals surface area (Å²) in [5, 5.41) is 33.0. The zero-order chi connectivity index (χ0) is 25.5. The smallest absolute Gasteiger partial charge is 0.161 e.